The molecule has 2 aromatic heterocycles. The Balaban J connectivity index is 1.25. The SMILES string of the molecule is Cn1nccc1-c1csc(NC(=O)NC2[C@@H]3C[C@@H]3[C@H]3C[C@@H]23)n1. The van der Waals surface area contributed by atoms with Crippen molar-refractivity contribution in [3.63, 3.8) is 0 Å². The number of amides is 2. The summed E-state index contributed by atoms with van der Waals surface area (Å²) in [5.74, 6) is 3.31. The van der Waals surface area contributed by atoms with Crippen molar-refractivity contribution in [2.45, 2.75) is 18.9 Å². The topological polar surface area (TPSA) is 71.8 Å². The minimum atomic E-state index is -0.117. The molecule has 3 saturated carbocycles. The number of nitrogens with zero attached hydrogens (tertiary/aromatic N) is 3. The van der Waals surface area contributed by atoms with Gasteiger partial charge in [-0.1, -0.05) is 0 Å². The Morgan fingerprint density at radius 1 is 1.32 bits per heavy atom. The van der Waals surface area contributed by atoms with Crippen LogP contribution in [0, 0.1) is 23.7 Å². The van der Waals surface area contributed by atoms with Gasteiger partial charge in [-0.05, 0) is 42.6 Å². The fourth-order valence-corrected chi connectivity index (χ4v) is 4.87. The van der Waals surface area contributed by atoms with Crippen LogP contribution in [-0.4, -0.2) is 26.8 Å². The molecule has 2 N–H and O–H groups in total. The van der Waals surface area contributed by atoms with Gasteiger partial charge in [0, 0.05) is 24.7 Å². The van der Waals surface area contributed by atoms with E-state index in [1.165, 1.54) is 24.2 Å². The van der Waals surface area contributed by atoms with E-state index in [1.807, 2.05) is 18.5 Å². The number of thiazole rings is 1. The Bertz CT molecular complexity index is 737. The van der Waals surface area contributed by atoms with Crippen LogP contribution in [-0.2, 0) is 7.05 Å². The van der Waals surface area contributed by atoms with Gasteiger partial charge in [-0.15, -0.1) is 11.3 Å². The maximum Gasteiger partial charge on any atom is 0.321 e. The molecule has 6 nitrogen and oxygen atoms in total. The number of anilines is 1. The highest BCUT2D eigenvalue weighted by Gasteiger charge is 2.67. The van der Waals surface area contributed by atoms with Gasteiger partial charge < -0.3 is 5.32 Å². The van der Waals surface area contributed by atoms with Crippen LogP contribution in [0.2, 0.25) is 0 Å². The van der Waals surface area contributed by atoms with E-state index in [2.05, 4.69) is 20.7 Å². The van der Waals surface area contributed by atoms with Gasteiger partial charge in [0.15, 0.2) is 5.13 Å². The number of carbonyl (C=O) groups excluding carboxylic acids is 1. The number of hydrogen-bond acceptors (Lipinski definition) is 4. The third-order valence-corrected chi connectivity index (χ3v) is 6.12. The molecule has 2 amide bonds. The largest absolute Gasteiger partial charge is 0.335 e. The lowest BCUT2D eigenvalue weighted by atomic mass is 10.1. The molecule has 0 aliphatic heterocycles. The van der Waals surface area contributed by atoms with E-state index < -0.39 is 0 Å². The fraction of sp³-hybridized carbons (Fsp3) is 0.533. The number of rotatable bonds is 3. The van der Waals surface area contributed by atoms with Crippen LogP contribution < -0.4 is 10.6 Å². The zero-order chi connectivity index (χ0) is 14.8. The van der Waals surface area contributed by atoms with Crippen molar-refractivity contribution >= 4 is 22.5 Å². The summed E-state index contributed by atoms with van der Waals surface area (Å²) >= 11 is 1.44. The minimum Gasteiger partial charge on any atom is -0.335 e. The quantitative estimate of drug-likeness (QED) is 0.913. The van der Waals surface area contributed by atoms with Gasteiger partial charge >= 0.3 is 6.03 Å². The number of fused-ring (bicyclic) bond motifs is 3. The first-order valence-corrected chi connectivity index (χ1v) is 8.60. The second kappa shape index (κ2) is 4.32. The summed E-state index contributed by atoms with van der Waals surface area (Å²) in [4.78, 5) is 16.7. The summed E-state index contributed by atoms with van der Waals surface area (Å²) in [7, 11) is 1.88. The molecular formula is C15H17N5OS. The van der Waals surface area contributed by atoms with Gasteiger partial charge in [-0.25, -0.2) is 9.78 Å². The van der Waals surface area contributed by atoms with Crippen LogP contribution in [0.15, 0.2) is 17.6 Å². The Kier molecular flexibility index (Phi) is 2.48. The molecule has 2 heterocycles. The van der Waals surface area contributed by atoms with Crippen LogP contribution in [0.5, 0.6) is 0 Å². The number of aryl methyl sites for hydroxylation is 1. The average Bonchev–Trinajstić information content (AvgIpc) is 3.33. The molecule has 114 valence electrons. The van der Waals surface area contributed by atoms with Crippen molar-refractivity contribution in [1.29, 1.82) is 0 Å². The zero-order valence-electron chi connectivity index (χ0n) is 12.2. The van der Waals surface area contributed by atoms with E-state index in [1.54, 1.807) is 10.9 Å². The van der Waals surface area contributed by atoms with E-state index in [4.69, 9.17) is 0 Å². The summed E-state index contributed by atoms with van der Waals surface area (Å²) < 4.78 is 1.78. The average molecular weight is 315 g/mol. The number of nitrogens with one attached hydrogen (secondary N) is 2. The smallest absolute Gasteiger partial charge is 0.321 e. The van der Waals surface area contributed by atoms with Crippen molar-refractivity contribution < 1.29 is 4.79 Å². The van der Waals surface area contributed by atoms with E-state index >= 15 is 0 Å². The Labute approximate surface area is 131 Å². The molecule has 0 unspecified atom stereocenters. The van der Waals surface area contributed by atoms with Crippen molar-refractivity contribution in [1.82, 2.24) is 20.1 Å². The van der Waals surface area contributed by atoms with Crippen LogP contribution in [0.3, 0.4) is 0 Å². The second-order valence-corrected chi connectivity index (χ2v) is 7.49. The first kappa shape index (κ1) is 12.6. The Hall–Kier alpha value is -1.89. The monoisotopic (exact) mass is 315 g/mol. The maximum atomic E-state index is 12.2. The third kappa shape index (κ3) is 1.88. The number of urea groups is 1. The van der Waals surface area contributed by atoms with Gasteiger partial charge in [-0.3, -0.25) is 10.00 Å². The highest BCUT2D eigenvalue weighted by atomic mass is 32.1. The molecule has 5 rings (SSSR count). The lowest BCUT2D eigenvalue weighted by molar-refractivity contribution is 0.245. The molecule has 3 aliphatic carbocycles. The van der Waals surface area contributed by atoms with Crippen LogP contribution in [0.25, 0.3) is 11.4 Å². The summed E-state index contributed by atoms with van der Waals surface area (Å²) in [6.07, 6.45) is 4.37. The molecule has 3 fully saturated rings. The van der Waals surface area contributed by atoms with Crippen LogP contribution >= 0.6 is 11.3 Å². The molecule has 0 aromatic carbocycles. The molecule has 0 radical (unpaired) electrons. The molecule has 0 spiro atoms. The molecule has 7 heteroatoms. The van der Waals surface area contributed by atoms with Gasteiger partial charge in [-0.2, -0.15) is 5.10 Å². The summed E-state index contributed by atoms with van der Waals surface area (Å²) in [6, 6.07) is 2.19. The molecule has 3 aliphatic rings. The van der Waals surface area contributed by atoms with E-state index in [9.17, 15) is 4.79 Å². The first-order valence-electron chi connectivity index (χ1n) is 7.72. The van der Waals surface area contributed by atoms with Crippen LogP contribution in [0.1, 0.15) is 12.8 Å². The minimum absolute atomic E-state index is 0.117. The standard InChI is InChI=1S/C15H17N5OS/c1-20-12(2-3-16-20)11-6-22-15(17-11)19-14(21)18-13-9-4-7(9)8-5-10(8)13/h2-3,6-10,13H,4-5H2,1H3,(H2,17,18,19,21)/t7-,8-,9-,10-/m1/s1. The van der Waals surface area contributed by atoms with E-state index in [0.29, 0.717) is 11.2 Å². The maximum absolute atomic E-state index is 12.2. The van der Waals surface area contributed by atoms with Gasteiger partial charge in [0.05, 0.1) is 5.69 Å². The second-order valence-electron chi connectivity index (χ2n) is 6.63. The highest BCUT2D eigenvalue weighted by molar-refractivity contribution is 7.14. The Morgan fingerprint density at radius 3 is 2.77 bits per heavy atom. The van der Waals surface area contributed by atoms with Crippen molar-refractivity contribution in [2.24, 2.45) is 30.7 Å². The van der Waals surface area contributed by atoms with Crippen LogP contribution in [0.4, 0.5) is 9.93 Å². The van der Waals surface area contributed by atoms with Gasteiger partial charge in [0.1, 0.15) is 5.69 Å². The molecule has 4 atom stereocenters. The summed E-state index contributed by atoms with van der Waals surface area (Å²) in [6.45, 7) is 0. The fourth-order valence-electron chi connectivity index (χ4n) is 4.17. The van der Waals surface area contributed by atoms with E-state index in [-0.39, 0.29) is 6.03 Å². The summed E-state index contributed by atoms with van der Waals surface area (Å²) in [5.41, 5.74) is 1.79. The predicted molar refractivity (Wildman–Crippen MR) is 83.5 cm³/mol. The van der Waals surface area contributed by atoms with Gasteiger partial charge in [0.2, 0.25) is 0 Å². The Morgan fingerprint density at radius 2 is 2.09 bits per heavy atom. The molecule has 0 bridgehead atoms. The lowest BCUT2D eigenvalue weighted by Crippen LogP contribution is -2.40. The highest BCUT2D eigenvalue weighted by Crippen LogP contribution is 2.69. The summed E-state index contributed by atoms with van der Waals surface area (Å²) in [5, 5.41) is 12.8. The first-order chi connectivity index (χ1) is 10.7. The van der Waals surface area contributed by atoms with E-state index in [0.717, 1.165) is 35.1 Å². The number of aromatic nitrogens is 3. The molecule has 22 heavy (non-hydrogen) atoms. The number of hydrogen-bond donors (Lipinski definition) is 2. The molecule has 2 aromatic rings. The van der Waals surface area contributed by atoms with Crippen molar-refractivity contribution in [3.8, 4) is 11.4 Å². The molecular weight excluding hydrogens is 298 g/mol. The zero-order valence-corrected chi connectivity index (χ0v) is 13.0. The predicted octanol–water partition coefficient (Wildman–Crippen LogP) is 2.32. The third-order valence-electron chi connectivity index (χ3n) is 5.36. The van der Waals surface area contributed by atoms with Crippen molar-refractivity contribution in [2.75, 3.05) is 5.32 Å². The lowest BCUT2D eigenvalue weighted by Gasteiger charge is -2.15. The normalized spacial score (nSPS) is 34.0. The number of carbonyl (C=O) groups is 1. The van der Waals surface area contributed by atoms with Crippen molar-refractivity contribution in [3.05, 3.63) is 17.6 Å². The van der Waals surface area contributed by atoms with Gasteiger partial charge in [0.25, 0.3) is 0 Å². The molecule has 0 saturated heterocycles.